The minimum Gasteiger partial charge on any atom is -0.493 e. The van der Waals surface area contributed by atoms with Crippen LogP contribution in [-0.4, -0.2) is 32.2 Å². The highest BCUT2D eigenvalue weighted by Gasteiger charge is 2.24. The summed E-state index contributed by atoms with van der Waals surface area (Å²) in [7, 11) is 1.55. The first-order chi connectivity index (χ1) is 8.74. The van der Waals surface area contributed by atoms with E-state index in [1.54, 1.807) is 25.3 Å². The number of ether oxygens (including phenoxy) is 2. The van der Waals surface area contributed by atoms with Crippen LogP contribution in [0.3, 0.4) is 0 Å². The standard InChI is InChI=1S/C13H18N2O3/c1-17-12-8-9(13(16)15-10-3-4-10)2-5-11(12)18-7-6-14/h2,5,8,10H,3-4,6-7,14H2,1H3,(H,15,16). The van der Waals surface area contributed by atoms with Gasteiger partial charge >= 0.3 is 0 Å². The van der Waals surface area contributed by atoms with Crippen LogP contribution in [0, 0.1) is 0 Å². The average molecular weight is 250 g/mol. The van der Waals surface area contributed by atoms with E-state index in [1.165, 1.54) is 0 Å². The smallest absolute Gasteiger partial charge is 0.251 e. The maximum absolute atomic E-state index is 11.9. The molecular formula is C13H18N2O3. The van der Waals surface area contributed by atoms with Gasteiger partial charge in [0.2, 0.25) is 0 Å². The molecule has 0 heterocycles. The van der Waals surface area contributed by atoms with Crippen molar-refractivity contribution < 1.29 is 14.3 Å². The van der Waals surface area contributed by atoms with Gasteiger partial charge in [-0.25, -0.2) is 0 Å². The summed E-state index contributed by atoms with van der Waals surface area (Å²) in [6, 6.07) is 5.49. The lowest BCUT2D eigenvalue weighted by Gasteiger charge is -2.11. The van der Waals surface area contributed by atoms with Crippen molar-refractivity contribution in [3.63, 3.8) is 0 Å². The van der Waals surface area contributed by atoms with Crippen LogP contribution in [0.4, 0.5) is 0 Å². The fourth-order valence-corrected chi connectivity index (χ4v) is 1.59. The van der Waals surface area contributed by atoms with Crippen LogP contribution in [0.1, 0.15) is 23.2 Å². The molecule has 18 heavy (non-hydrogen) atoms. The molecule has 0 aromatic heterocycles. The van der Waals surface area contributed by atoms with E-state index in [9.17, 15) is 4.79 Å². The molecule has 5 heteroatoms. The molecule has 3 N–H and O–H groups in total. The van der Waals surface area contributed by atoms with Gasteiger partial charge in [-0.15, -0.1) is 0 Å². The molecule has 0 unspecified atom stereocenters. The molecule has 1 aromatic rings. The first-order valence-electron chi connectivity index (χ1n) is 6.06. The zero-order chi connectivity index (χ0) is 13.0. The predicted molar refractivity (Wildman–Crippen MR) is 68.0 cm³/mol. The molecule has 98 valence electrons. The van der Waals surface area contributed by atoms with E-state index >= 15 is 0 Å². The Hall–Kier alpha value is -1.75. The number of rotatable bonds is 6. The minimum atomic E-state index is -0.0684. The van der Waals surface area contributed by atoms with Gasteiger partial charge in [-0.1, -0.05) is 0 Å². The average Bonchev–Trinajstić information content (AvgIpc) is 3.19. The van der Waals surface area contributed by atoms with Crippen molar-refractivity contribution in [3.8, 4) is 11.5 Å². The monoisotopic (exact) mass is 250 g/mol. The van der Waals surface area contributed by atoms with Crippen molar-refractivity contribution in [2.45, 2.75) is 18.9 Å². The highest BCUT2D eigenvalue weighted by Crippen LogP contribution is 2.28. The Labute approximate surface area is 106 Å². The van der Waals surface area contributed by atoms with Gasteiger partial charge in [-0.2, -0.15) is 0 Å². The van der Waals surface area contributed by atoms with E-state index in [0.717, 1.165) is 12.8 Å². The van der Waals surface area contributed by atoms with Gasteiger partial charge in [-0.05, 0) is 31.0 Å². The van der Waals surface area contributed by atoms with Crippen molar-refractivity contribution in [1.82, 2.24) is 5.32 Å². The zero-order valence-corrected chi connectivity index (χ0v) is 10.4. The summed E-state index contributed by atoms with van der Waals surface area (Å²) in [6.45, 7) is 0.858. The molecule has 0 radical (unpaired) electrons. The highest BCUT2D eigenvalue weighted by atomic mass is 16.5. The number of amides is 1. The van der Waals surface area contributed by atoms with Crippen molar-refractivity contribution in [3.05, 3.63) is 23.8 Å². The van der Waals surface area contributed by atoms with Crippen LogP contribution in [0.5, 0.6) is 11.5 Å². The lowest BCUT2D eigenvalue weighted by atomic mass is 10.2. The van der Waals surface area contributed by atoms with Crippen molar-refractivity contribution >= 4 is 5.91 Å². The molecule has 0 spiro atoms. The summed E-state index contributed by atoms with van der Waals surface area (Å²) in [4.78, 5) is 11.9. The minimum absolute atomic E-state index is 0.0684. The van der Waals surface area contributed by atoms with E-state index in [2.05, 4.69) is 5.32 Å². The van der Waals surface area contributed by atoms with E-state index in [-0.39, 0.29) is 5.91 Å². The molecular weight excluding hydrogens is 232 g/mol. The van der Waals surface area contributed by atoms with Crippen molar-refractivity contribution in [2.75, 3.05) is 20.3 Å². The van der Waals surface area contributed by atoms with Crippen molar-refractivity contribution in [1.29, 1.82) is 0 Å². The molecule has 5 nitrogen and oxygen atoms in total. The van der Waals surface area contributed by atoms with Crippen LogP contribution in [0.15, 0.2) is 18.2 Å². The fraction of sp³-hybridized carbons (Fsp3) is 0.462. The summed E-state index contributed by atoms with van der Waals surface area (Å²) >= 11 is 0. The lowest BCUT2D eigenvalue weighted by molar-refractivity contribution is 0.0950. The maximum Gasteiger partial charge on any atom is 0.251 e. The quantitative estimate of drug-likeness (QED) is 0.787. The van der Waals surface area contributed by atoms with Gasteiger partial charge in [0.1, 0.15) is 6.61 Å². The summed E-state index contributed by atoms with van der Waals surface area (Å²) in [6.07, 6.45) is 2.14. The third kappa shape index (κ3) is 3.13. The number of carbonyl (C=O) groups is 1. The van der Waals surface area contributed by atoms with Gasteiger partial charge in [0, 0.05) is 18.2 Å². The number of nitrogens with two attached hydrogens (primary N) is 1. The number of nitrogens with one attached hydrogen (secondary N) is 1. The second kappa shape index (κ2) is 5.73. The fourth-order valence-electron chi connectivity index (χ4n) is 1.59. The largest absolute Gasteiger partial charge is 0.493 e. The summed E-state index contributed by atoms with van der Waals surface area (Å²) in [5.74, 6) is 1.08. The number of methoxy groups -OCH3 is 1. The van der Waals surface area contributed by atoms with E-state index in [0.29, 0.717) is 36.3 Å². The normalized spacial score (nSPS) is 14.1. The van der Waals surface area contributed by atoms with Gasteiger partial charge < -0.3 is 20.5 Å². The Kier molecular flexibility index (Phi) is 4.04. The Morgan fingerprint density at radius 1 is 1.44 bits per heavy atom. The lowest BCUT2D eigenvalue weighted by Crippen LogP contribution is -2.25. The molecule has 0 saturated heterocycles. The first-order valence-corrected chi connectivity index (χ1v) is 6.06. The van der Waals surface area contributed by atoms with Crippen LogP contribution < -0.4 is 20.5 Å². The third-order valence-corrected chi connectivity index (χ3v) is 2.71. The molecule has 0 bridgehead atoms. The Morgan fingerprint density at radius 2 is 2.22 bits per heavy atom. The number of benzene rings is 1. The Bertz CT molecular complexity index is 430. The van der Waals surface area contributed by atoms with E-state index in [4.69, 9.17) is 15.2 Å². The number of hydrogen-bond acceptors (Lipinski definition) is 4. The number of carbonyl (C=O) groups excluding carboxylic acids is 1. The molecule has 1 aliphatic carbocycles. The third-order valence-electron chi connectivity index (χ3n) is 2.71. The van der Waals surface area contributed by atoms with Crippen LogP contribution in [-0.2, 0) is 0 Å². The first kappa shape index (κ1) is 12.7. The molecule has 1 amide bonds. The zero-order valence-electron chi connectivity index (χ0n) is 10.4. The molecule has 0 atom stereocenters. The summed E-state index contributed by atoms with van der Waals surface area (Å²) in [5.41, 5.74) is 5.96. The van der Waals surface area contributed by atoms with E-state index in [1.807, 2.05) is 0 Å². The SMILES string of the molecule is COc1cc(C(=O)NC2CC2)ccc1OCCN. The summed E-state index contributed by atoms with van der Waals surface area (Å²) < 4.78 is 10.6. The Morgan fingerprint density at radius 3 is 2.83 bits per heavy atom. The molecule has 1 aliphatic rings. The van der Waals surface area contributed by atoms with Gasteiger partial charge in [0.15, 0.2) is 11.5 Å². The van der Waals surface area contributed by atoms with Gasteiger partial charge in [0.05, 0.1) is 7.11 Å². The topological polar surface area (TPSA) is 73.6 Å². The molecule has 1 aromatic carbocycles. The highest BCUT2D eigenvalue weighted by molar-refractivity contribution is 5.95. The van der Waals surface area contributed by atoms with E-state index < -0.39 is 0 Å². The van der Waals surface area contributed by atoms with Crippen LogP contribution in [0.25, 0.3) is 0 Å². The molecule has 2 rings (SSSR count). The second-order valence-corrected chi connectivity index (χ2v) is 4.25. The number of hydrogen-bond donors (Lipinski definition) is 2. The summed E-state index contributed by atoms with van der Waals surface area (Å²) in [5, 5.41) is 2.93. The van der Waals surface area contributed by atoms with Crippen LogP contribution >= 0.6 is 0 Å². The second-order valence-electron chi connectivity index (χ2n) is 4.25. The maximum atomic E-state index is 11.9. The van der Waals surface area contributed by atoms with Crippen molar-refractivity contribution in [2.24, 2.45) is 5.73 Å². The molecule has 1 saturated carbocycles. The van der Waals surface area contributed by atoms with Gasteiger partial charge in [-0.3, -0.25) is 4.79 Å². The molecule has 0 aliphatic heterocycles. The molecule has 1 fully saturated rings. The predicted octanol–water partition coefficient (Wildman–Crippen LogP) is 0.925. The van der Waals surface area contributed by atoms with Gasteiger partial charge in [0.25, 0.3) is 5.91 Å². The van der Waals surface area contributed by atoms with Crippen LogP contribution in [0.2, 0.25) is 0 Å². The Balaban J connectivity index is 2.09.